The number of hydrogen-bond donors (Lipinski definition) is 0. The van der Waals surface area contributed by atoms with Gasteiger partial charge in [-0.1, -0.05) is 24.3 Å². The van der Waals surface area contributed by atoms with Crippen molar-refractivity contribution in [1.82, 2.24) is 0 Å². The predicted molar refractivity (Wildman–Crippen MR) is 81.4 cm³/mol. The molecule has 0 heterocycles. The van der Waals surface area contributed by atoms with Crippen molar-refractivity contribution in [3.63, 3.8) is 0 Å². The molecule has 2 rings (SSSR count). The minimum absolute atomic E-state index is 0.0179. The highest BCUT2D eigenvalue weighted by atomic mass is 19.1. The molecule has 0 aromatic heterocycles. The molecule has 0 amide bonds. The molecular formula is C18H19FO2. The van der Waals surface area contributed by atoms with E-state index in [4.69, 9.17) is 4.74 Å². The van der Waals surface area contributed by atoms with Crippen LogP contribution in [0, 0.1) is 5.82 Å². The third kappa shape index (κ3) is 3.30. The fourth-order valence-corrected chi connectivity index (χ4v) is 2.25. The van der Waals surface area contributed by atoms with Gasteiger partial charge in [-0.15, -0.1) is 0 Å². The molecule has 0 N–H and O–H groups in total. The molecule has 0 spiro atoms. The number of halogens is 1. The molecule has 2 aromatic rings. The quantitative estimate of drug-likeness (QED) is 0.762. The summed E-state index contributed by atoms with van der Waals surface area (Å²) in [5, 5.41) is 0. The van der Waals surface area contributed by atoms with Crippen molar-refractivity contribution >= 4 is 5.78 Å². The van der Waals surface area contributed by atoms with Gasteiger partial charge in [0.05, 0.1) is 12.0 Å². The van der Waals surface area contributed by atoms with Crippen LogP contribution in [0.25, 0.3) is 0 Å². The van der Waals surface area contributed by atoms with Gasteiger partial charge in [-0.2, -0.15) is 0 Å². The van der Waals surface area contributed by atoms with Crippen molar-refractivity contribution in [3.8, 4) is 5.75 Å². The molecule has 2 aromatic carbocycles. The Morgan fingerprint density at radius 1 is 1.14 bits per heavy atom. The zero-order chi connectivity index (χ0) is 15.5. The SMILES string of the molecule is CCOc1cccc(C(=O)C(C)(C)c2ccc(F)cc2)c1. The highest BCUT2D eigenvalue weighted by Crippen LogP contribution is 2.29. The number of hydrogen-bond acceptors (Lipinski definition) is 2. The summed E-state index contributed by atoms with van der Waals surface area (Å²) in [6, 6.07) is 13.2. The number of carbonyl (C=O) groups is 1. The Labute approximate surface area is 124 Å². The Balaban J connectivity index is 2.33. The van der Waals surface area contributed by atoms with Crippen LogP contribution in [0.1, 0.15) is 36.7 Å². The van der Waals surface area contributed by atoms with E-state index in [-0.39, 0.29) is 11.6 Å². The number of ketones is 1. The fraction of sp³-hybridized carbons (Fsp3) is 0.278. The second-order valence-corrected chi connectivity index (χ2v) is 5.42. The summed E-state index contributed by atoms with van der Waals surface area (Å²) < 4.78 is 18.5. The van der Waals surface area contributed by atoms with Crippen molar-refractivity contribution in [2.24, 2.45) is 0 Å². The van der Waals surface area contributed by atoms with Crippen molar-refractivity contribution in [2.75, 3.05) is 6.61 Å². The molecule has 0 unspecified atom stereocenters. The van der Waals surface area contributed by atoms with Gasteiger partial charge < -0.3 is 4.74 Å². The third-order valence-electron chi connectivity index (χ3n) is 3.54. The van der Waals surface area contributed by atoms with Crippen LogP contribution in [0.4, 0.5) is 4.39 Å². The first kappa shape index (κ1) is 15.2. The molecule has 110 valence electrons. The third-order valence-corrected chi connectivity index (χ3v) is 3.54. The summed E-state index contributed by atoms with van der Waals surface area (Å²) >= 11 is 0. The van der Waals surface area contributed by atoms with E-state index in [2.05, 4.69) is 0 Å². The first-order valence-electron chi connectivity index (χ1n) is 6.99. The first-order chi connectivity index (χ1) is 9.95. The van der Waals surface area contributed by atoms with Crippen molar-refractivity contribution in [3.05, 3.63) is 65.5 Å². The minimum Gasteiger partial charge on any atom is -0.494 e. The zero-order valence-corrected chi connectivity index (χ0v) is 12.5. The summed E-state index contributed by atoms with van der Waals surface area (Å²) in [6.45, 7) is 6.14. The molecule has 0 atom stereocenters. The highest BCUT2D eigenvalue weighted by Gasteiger charge is 2.30. The first-order valence-corrected chi connectivity index (χ1v) is 6.99. The smallest absolute Gasteiger partial charge is 0.172 e. The highest BCUT2D eigenvalue weighted by molar-refractivity contribution is 6.03. The Morgan fingerprint density at radius 3 is 2.43 bits per heavy atom. The molecular weight excluding hydrogens is 267 g/mol. The van der Waals surface area contributed by atoms with Crippen molar-refractivity contribution in [1.29, 1.82) is 0 Å². The summed E-state index contributed by atoms with van der Waals surface area (Å²) in [4.78, 5) is 12.8. The van der Waals surface area contributed by atoms with Crippen LogP contribution in [0.3, 0.4) is 0 Å². The van der Waals surface area contributed by atoms with E-state index >= 15 is 0 Å². The largest absolute Gasteiger partial charge is 0.494 e. The molecule has 0 saturated heterocycles. The van der Waals surface area contributed by atoms with Crippen molar-refractivity contribution < 1.29 is 13.9 Å². The van der Waals surface area contributed by atoms with Crippen LogP contribution >= 0.6 is 0 Å². The minimum atomic E-state index is -0.724. The van der Waals surface area contributed by atoms with Crippen LogP contribution in [-0.2, 0) is 5.41 Å². The molecule has 0 fully saturated rings. The molecule has 0 radical (unpaired) electrons. The maximum atomic E-state index is 13.0. The van der Waals surface area contributed by atoms with E-state index in [1.54, 1.807) is 30.3 Å². The molecule has 3 heteroatoms. The maximum Gasteiger partial charge on any atom is 0.172 e. The average molecular weight is 286 g/mol. The van der Waals surface area contributed by atoms with Crippen LogP contribution < -0.4 is 4.74 Å². The van der Waals surface area contributed by atoms with E-state index in [0.717, 1.165) is 5.56 Å². The van der Waals surface area contributed by atoms with Gasteiger partial charge in [0.15, 0.2) is 5.78 Å². The lowest BCUT2D eigenvalue weighted by Gasteiger charge is -2.24. The van der Waals surface area contributed by atoms with Crippen LogP contribution in [0.2, 0.25) is 0 Å². The standard InChI is InChI=1S/C18H19FO2/c1-4-21-16-7-5-6-13(12-16)17(20)18(2,3)14-8-10-15(19)11-9-14/h5-12H,4H2,1-3H3. The lowest BCUT2D eigenvalue weighted by molar-refractivity contribution is 0.0908. The van der Waals surface area contributed by atoms with E-state index < -0.39 is 5.41 Å². The van der Waals surface area contributed by atoms with Crippen LogP contribution in [0.5, 0.6) is 5.75 Å². The van der Waals surface area contributed by atoms with Gasteiger partial charge in [0.2, 0.25) is 0 Å². The molecule has 0 bridgehead atoms. The van der Waals surface area contributed by atoms with Gasteiger partial charge in [0.1, 0.15) is 11.6 Å². The molecule has 0 aliphatic rings. The average Bonchev–Trinajstić information content (AvgIpc) is 2.47. The van der Waals surface area contributed by atoms with Gasteiger partial charge in [-0.05, 0) is 50.6 Å². The molecule has 0 aliphatic heterocycles. The Morgan fingerprint density at radius 2 is 1.81 bits per heavy atom. The zero-order valence-electron chi connectivity index (χ0n) is 12.5. The monoisotopic (exact) mass is 286 g/mol. The second kappa shape index (κ2) is 6.08. The maximum absolute atomic E-state index is 13.0. The van der Waals surface area contributed by atoms with Gasteiger partial charge in [0, 0.05) is 5.56 Å². The summed E-state index contributed by atoms with van der Waals surface area (Å²) in [6.07, 6.45) is 0. The number of Topliss-reactive ketones (excluding diaryl/α,β-unsaturated/α-hetero) is 1. The summed E-state index contributed by atoms with van der Waals surface area (Å²) in [5.41, 5.74) is 0.657. The van der Waals surface area contributed by atoms with E-state index in [9.17, 15) is 9.18 Å². The summed E-state index contributed by atoms with van der Waals surface area (Å²) in [7, 11) is 0. The second-order valence-electron chi connectivity index (χ2n) is 5.42. The Hall–Kier alpha value is -2.16. The van der Waals surface area contributed by atoms with Crippen molar-refractivity contribution in [2.45, 2.75) is 26.2 Å². The normalized spacial score (nSPS) is 11.2. The number of rotatable bonds is 5. The molecule has 21 heavy (non-hydrogen) atoms. The summed E-state index contributed by atoms with van der Waals surface area (Å²) in [5.74, 6) is 0.356. The van der Waals surface area contributed by atoms with Gasteiger partial charge in [-0.25, -0.2) is 4.39 Å². The van der Waals surface area contributed by atoms with E-state index in [0.29, 0.717) is 17.9 Å². The Bertz CT molecular complexity index is 630. The molecule has 2 nitrogen and oxygen atoms in total. The number of benzene rings is 2. The predicted octanol–water partition coefficient (Wildman–Crippen LogP) is 4.38. The van der Waals surface area contributed by atoms with E-state index in [1.807, 2.05) is 26.8 Å². The lowest BCUT2D eigenvalue weighted by atomic mass is 9.78. The Kier molecular flexibility index (Phi) is 4.41. The number of ether oxygens (including phenoxy) is 1. The molecule has 0 aliphatic carbocycles. The van der Waals surface area contributed by atoms with Crippen LogP contribution in [-0.4, -0.2) is 12.4 Å². The van der Waals surface area contributed by atoms with Gasteiger partial charge in [0.25, 0.3) is 0 Å². The van der Waals surface area contributed by atoms with E-state index in [1.165, 1.54) is 12.1 Å². The topological polar surface area (TPSA) is 26.3 Å². The van der Waals surface area contributed by atoms with Gasteiger partial charge >= 0.3 is 0 Å². The van der Waals surface area contributed by atoms with Gasteiger partial charge in [-0.3, -0.25) is 4.79 Å². The van der Waals surface area contributed by atoms with Crippen LogP contribution in [0.15, 0.2) is 48.5 Å². The molecule has 0 saturated carbocycles. The fourth-order valence-electron chi connectivity index (χ4n) is 2.25. The lowest BCUT2D eigenvalue weighted by Crippen LogP contribution is -2.29. The number of carbonyl (C=O) groups excluding carboxylic acids is 1.